The summed E-state index contributed by atoms with van der Waals surface area (Å²) in [4.78, 5) is 17.4. The van der Waals surface area contributed by atoms with Crippen LogP contribution >= 0.6 is 36.2 Å². The fourth-order valence-corrected chi connectivity index (χ4v) is 2.96. The third-order valence-corrected chi connectivity index (χ3v) is 4.24. The van der Waals surface area contributed by atoms with Gasteiger partial charge in [-0.25, -0.2) is 4.98 Å². The second-order valence-corrected chi connectivity index (χ2v) is 5.88. The Labute approximate surface area is 145 Å². The smallest absolute Gasteiger partial charge is 0.236 e. The Morgan fingerprint density at radius 3 is 3.00 bits per heavy atom. The van der Waals surface area contributed by atoms with Crippen LogP contribution in [0.5, 0.6) is 0 Å². The van der Waals surface area contributed by atoms with E-state index in [9.17, 15) is 4.79 Å². The van der Waals surface area contributed by atoms with Crippen LogP contribution in [-0.2, 0) is 11.2 Å². The fraction of sp³-hybridized carbons (Fsp3) is 0.429. The van der Waals surface area contributed by atoms with E-state index >= 15 is 0 Å². The number of hydrogen-bond acceptors (Lipinski definition) is 5. The standard InChI is InChI=1S/C14H17N3O2S.2ClH/c1-9-11(7-13(18)16-10-4-5-15-8-10)17-14(19-9)12-3-2-6-20-12;;/h2-3,6,10,15H,4-5,7-8H2,1H3,(H,16,18);2*1H. The van der Waals surface area contributed by atoms with Crippen molar-refractivity contribution in [2.75, 3.05) is 13.1 Å². The van der Waals surface area contributed by atoms with Gasteiger partial charge >= 0.3 is 0 Å². The number of nitrogens with one attached hydrogen (secondary N) is 2. The van der Waals surface area contributed by atoms with E-state index in [2.05, 4.69) is 15.6 Å². The molecule has 1 fully saturated rings. The van der Waals surface area contributed by atoms with Crippen molar-refractivity contribution in [2.24, 2.45) is 0 Å². The SMILES string of the molecule is Cc1oc(-c2cccs2)nc1CC(=O)NC1CCNC1.Cl.Cl. The Balaban J connectivity index is 0.00000121. The molecule has 2 aromatic rings. The second-order valence-electron chi connectivity index (χ2n) is 4.93. The quantitative estimate of drug-likeness (QED) is 0.875. The summed E-state index contributed by atoms with van der Waals surface area (Å²) in [6, 6.07) is 4.16. The van der Waals surface area contributed by atoms with Gasteiger partial charge < -0.3 is 15.1 Å². The summed E-state index contributed by atoms with van der Waals surface area (Å²) in [5.74, 6) is 1.32. The molecule has 5 nitrogen and oxygen atoms in total. The molecule has 1 atom stereocenters. The van der Waals surface area contributed by atoms with Gasteiger partial charge in [0, 0.05) is 12.6 Å². The molecule has 1 amide bonds. The van der Waals surface area contributed by atoms with Crippen molar-refractivity contribution in [1.29, 1.82) is 0 Å². The van der Waals surface area contributed by atoms with Gasteiger partial charge in [-0.05, 0) is 31.3 Å². The average molecular weight is 364 g/mol. The Morgan fingerprint density at radius 2 is 2.36 bits per heavy atom. The first-order valence-corrected chi connectivity index (χ1v) is 7.60. The summed E-state index contributed by atoms with van der Waals surface area (Å²) in [6.07, 6.45) is 1.27. The van der Waals surface area contributed by atoms with Crippen LogP contribution in [0.2, 0.25) is 0 Å². The van der Waals surface area contributed by atoms with Crippen LogP contribution in [0.3, 0.4) is 0 Å². The van der Waals surface area contributed by atoms with E-state index in [1.54, 1.807) is 11.3 Å². The number of thiophene rings is 1. The number of rotatable bonds is 4. The number of aromatic nitrogens is 1. The number of carbonyl (C=O) groups excluding carboxylic acids is 1. The molecule has 0 aromatic carbocycles. The lowest BCUT2D eigenvalue weighted by molar-refractivity contribution is -0.121. The summed E-state index contributed by atoms with van der Waals surface area (Å²) in [5, 5.41) is 8.23. The first kappa shape index (κ1) is 19.0. The normalized spacial score (nSPS) is 16.7. The largest absolute Gasteiger partial charge is 0.440 e. The van der Waals surface area contributed by atoms with Crippen molar-refractivity contribution in [1.82, 2.24) is 15.6 Å². The minimum atomic E-state index is 0. The predicted octanol–water partition coefficient (Wildman–Crippen LogP) is 2.58. The van der Waals surface area contributed by atoms with E-state index in [0.717, 1.165) is 30.1 Å². The highest BCUT2D eigenvalue weighted by atomic mass is 35.5. The third-order valence-electron chi connectivity index (χ3n) is 3.38. The first-order chi connectivity index (χ1) is 9.72. The van der Waals surface area contributed by atoms with Gasteiger partial charge in [-0.1, -0.05) is 6.07 Å². The van der Waals surface area contributed by atoms with Gasteiger partial charge in [-0.2, -0.15) is 0 Å². The van der Waals surface area contributed by atoms with Crippen LogP contribution in [0.4, 0.5) is 0 Å². The van der Waals surface area contributed by atoms with Crippen LogP contribution in [0.15, 0.2) is 21.9 Å². The molecule has 0 bridgehead atoms. The van der Waals surface area contributed by atoms with Crippen LogP contribution in [0.1, 0.15) is 17.9 Å². The van der Waals surface area contributed by atoms with Crippen LogP contribution in [-0.4, -0.2) is 30.0 Å². The minimum absolute atomic E-state index is 0. The van der Waals surface area contributed by atoms with Crippen LogP contribution in [0, 0.1) is 6.92 Å². The average Bonchev–Trinajstić information content (AvgIpc) is 3.12. The molecule has 1 unspecified atom stereocenters. The zero-order valence-electron chi connectivity index (χ0n) is 12.1. The van der Waals surface area contributed by atoms with Crippen LogP contribution < -0.4 is 10.6 Å². The molecule has 22 heavy (non-hydrogen) atoms. The Bertz CT molecular complexity index is 595. The molecule has 0 radical (unpaired) electrons. The van der Waals surface area contributed by atoms with Gasteiger partial charge in [-0.3, -0.25) is 4.79 Å². The number of nitrogens with zero attached hydrogens (tertiary/aromatic N) is 1. The molecule has 2 N–H and O–H groups in total. The summed E-state index contributed by atoms with van der Waals surface area (Å²) < 4.78 is 5.64. The van der Waals surface area contributed by atoms with E-state index in [1.165, 1.54) is 0 Å². The number of carbonyl (C=O) groups is 1. The van der Waals surface area contributed by atoms with Gasteiger partial charge in [-0.15, -0.1) is 36.2 Å². The topological polar surface area (TPSA) is 67.2 Å². The molecule has 1 aliphatic rings. The molecular weight excluding hydrogens is 345 g/mol. The van der Waals surface area contributed by atoms with Crippen molar-refractivity contribution in [3.8, 4) is 10.8 Å². The van der Waals surface area contributed by atoms with Crippen molar-refractivity contribution in [2.45, 2.75) is 25.8 Å². The highest BCUT2D eigenvalue weighted by Gasteiger charge is 2.19. The van der Waals surface area contributed by atoms with Crippen LogP contribution in [0.25, 0.3) is 10.8 Å². The number of aryl methyl sites for hydroxylation is 1. The molecule has 122 valence electrons. The van der Waals surface area contributed by atoms with Crippen molar-refractivity contribution in [3.63, 3.8) is 0 Å². The van der Waals surface area contributed by atoms with E-state index in [1.807, 2.05) is 24.4 Å². The molecule has 3 rings (SSSR count). The summed E-state index contributed by atoms with van der Waals surface area (Å²) in [6.45, 7) is 3.67. The number of amides is 1. The number of halogens is 2. The molecule has 0 saturated carbocycles. The minimum Gasteiger partial charge on any atom is -0.440 e. The molecule has 2 aromatic heterocycles. The molecule has 0 aliphatic carbocycles. The fourth-order valence-electron chi connectivity index (χ4n) is 2.31. The van der Waals surface area contributed by atoms with E-state index < -0.39 is 0 Å². The maximum absolute atomic E-state index is 12.0. The molecule has 1 aliphatic heterocycles. The zero-order chi connectivity index (χ0) is 13.9. The monoisotopic (exact) mass is 363 g/mol. The lowest BCUT2D eigenvalue weighted by Gasteiger charge is -2.10. The van der Waals surface area contributed by atoms with E-state index in [-0.39, 0.29) is 43.2 Å². The van der Waals surface area contributed by atoms with Gasteiger partial charge in [0.05, 0.1) is 17.0 Å². The first-order valence-electron chi connectivity index (χ1n) is 6.72. The molecule has 0 spiro atoms. The summed E-state index contributed by atoms with van der Waals surface area (Å²) in [7, 11) is 0. The number of oxazole rings is 1. The van der Waals surface area contributed by atoms with Gasteiger partial charge in [0.2, 0.25) is 11.8 Å². The van der Waals surface area contributed by atoms with Gasteiger partial charge in [0.25, 0.3) is 0 Å². The Kier molecular flexibility index (Phi) is 7.35. The third kappa shape index (κ3) is 4.46. The molecule has 8 heteroatoms. The van der Waals surface area contributed by atoms with Crippen molar-refractivity contribution < 1.29 is 9.21 Å². The Hall–Kier alpha value is -1.08. The molecular formula is C14H19Cl2N3O2S. The van der Waals surface area contributed by atoms with Crippen molar-refractivity contribution >= 4 is 42.1 Å². The molecule has 3 heterocycles. The Morgan fingerprint density at radius 1 is 1.55 bits per heavy atom. The summed E-state index contributed by atoms with van der Waals surface area (Å²) >= 11 is 1.58. The van der Waals surface area contributed by atoms with Gasteiger partial charge in [0.1, 0.15) is 5.76 Å². The highest BCUT2D eigenvalue weighted by Crippen LogP contribution is 2.26. The summed E-state index contributed by atoms with van der Waals surface area (Å²) in [5.41, 5.74) is 0.719. The number of hydrogen-bond donors (Lipinski definition) is 2. The van der Waals surface area contributed by atoms with Gasteiger partial charge in [0.15, 0.2) is 0 Å². The second kappa shape index (κ2) is 8.53. The lowest BCUT2D eigenvalue weighted by Crippen LogP contribution is -2.37. The zero-order valence-corrected chi connectivity index (χ0v) is 14.6. The predicted molar refractivity (Wildman–Crippen MR) is 92.2 cm³/mol. The highest BCUT2D eigenvalue weighted by molar-refractivity contribution is 7.13. The van der Waals surface area contributed by atoms with Crippen molar-refractivity contribution in [3.05, 3.63) is 29.0 Å². The maximum Gasteiger partial charge on any atom is 0.236 e. The lowest BCUT2D eigenvalue weighted by atomic mass is 10.2. The van der Waals surface area contributed by atoms with E-state index in [4.69, 9.17) is 4.42 Å². The van der Waals surface area contributed by atoms with E-state index in [0.29, 0.717) is 11.7 Å². The maximum atomic E-state index is 12.0. The molecule has 1 saturated heterocycles.